The highest BCUT2D eigenvalue weighted by Crippen LogP contribution is 2.32. The smallest absolute Gasteiger partial charge is 0.337 e. The van der Waals surface area contributed by atoms with E-state index in [-0.39, 0.29) is 23.4 Å². The SMILES string of the molecule is CN(Cc1ccccc1C(F)(F)F)C(=O)c1cccc(N2CCCS2(=O)=O)c1. The Bertz CT molecular complexity index is 990. The lowest BCUT2D eigenvalue weighted by atomic mass is 10.1. The lowest BCUT2D eigenvalue weighted by molar-refractivity contribution is -0.138. The largest absolute Gasteiger partial charge is 0.416 e. The third-order valence-corrected chi connectivity index (χ3v) is 6.43. The molecule has 0 aromatic heterocycles. The van der Waals surface area contributed by atoms with E-state index in [1.54, 1.807) is 12.1 Å². The number of rotatable bonds is 4. The molecule has 2 aromatic rings. The molecule has 0 aliphatic carbocycles. The minimum absolute atomic E-state index is 0.0101. The van der Waals surface area contributed by atoms with Crippen LogP contribution in [0, 0.1) is 0 Å². The number of carbonyl (C=O) groups is 1. The summed E-state index contributed by atoms with van der Waals surface area (Å²) in [6.45, 7) is 0.121. The molecule has 1 amide bonds. The third-order valence-electron chi connectivity index (χ3n) is 4.56. The van der Waals surface area contributed by atoms with Gasteiger partial charge in [0.1, 0.15) is 0 Å². The highest BCUT2D eigenvalue weighted by molar-refractivity contribution is 7.93. The van der Waals surface area contributed by atoms with Gasteiger partial charge in [-0.05, 0) is 36.2 Å². The van der Waals surface area contributed by atoms with Gasteiger partial charge in [-0.25, -0.2) is 8.42 Å². The standard InChI is InChI=1S/C19H19F3N2O3S/c1-23(13-15-6-2-3-9-17(15)19(20,21)22)18(25)14-7-4-8-16(12-14)24-10-5-11-28(24,26)27/h2-4,6-9,12H,5,10-11,13H2,1H3. The molecule has 0 atom stereocenters. The van der Waals surface area contributed by atoms with Gasteiger partial charge in [-0.1, -0.05) is 24.3 Å². The Kier molecular flexibility index (Phi) is 5.38. The molecule has 0 unspecified atom stereocenters. The van der Waals surface area contributed by atoms with Crippen LogP contribution in [0.3, 0.4) is 0 Å². The van der Waals surface area contributed by atoms with E-state index in [4.69, 9.17) is 0 Å². The van der Waals surface area contributed by atoms with Gasteiger partial charge >= 0.3 is 6.18 Å². The van der Waals surface area contributed by atoms with Gasteiger partial charge < -0.3 is 4.90 Å². The van der Waals surface area contributed by atoms with Crippen molar-refractivity contribution in [3.8, 4) is 0 Å². The van der Waals surface area contributed by atoms with E-state index in [0.29, 0.717) is 18.7 Å². The molecule has 0 radical (unpaired) electrons. The zero-order valence-electron chi connectivity index (χ0n) is 15.1. The minimum atomic E-state index is -4.51. The number of alkyl halides is 3. The number of hydrogen-bond acceptors (Lipinski definition) is 3. The molecule has 5 nitrogen and oxygen atoms in total. The van der Waals surface area contributed by atoms with Crippen LogP contribution in [-0.4, -0.2) is 38.6 Å². The van der Waals surface area contributed by atoms with Crippen molar-refractivity contribution in [2.45, 2.75) is 19.1 Å². The van der Waals surface area contributed by atoms with Gasteiger partial charge in [0, 0.05) is 25.7 Å². The first-order valence-electron chi connectivity index (χ1n) is 8.60. The Labute approximate surface area is 161 Å². The summed E-state index contributed by atoms with van der Waals surface area (Å²) in [7, 11) is -1.98. The van der Waals surface area contributed by atoms with E-state index in [9.17, 15) is 26.4 Å². The number of carbonyl (C=O) groups excluding carboxylic acids is 1. The monoisotopic (exact) mass is 412 g/mol. The maximum atomic E-state index is 13.2. The Morgan fingerprint density at radius 3 is 2.50 bits per heavy atom. The summed E-state index contributed by atoms with van der Waals surface area (Å²) in [5, 5.41) is 0. The summed E-state index contributed by atoms with van der Waals surface area (Å²) < 4.78 is 64.9. The van der Waals surface area contributed by atoms with Gasteiger partial charge in [0.2, 0.25) is 10.0 Å². The predicted molar refractivity (Wildman–Crippen MR) is 99.4 cm³/mol. The molecule has 9 heteroatoms. The normalized spacial score (nSPS) is 16.2. The van der Waals surface area contributed by atoms with Crippen LogP contribution in [0.2, 0.25) is 0 Å². The number of sulfonamides is 1. The summed E-state index contributed by atoms with van der Waals surface area (Å²) in [5.74, 6) is -0.435. The number of benzene rings is 2. The van der Waals surface area contributed by atoms with Crippen LogP contribution in [0.1, 0.15) is 27.9 Å². The Morgan fingerprint density at radius 2 is 1.86 bits per heavy atom. The zero-order chi connectivity index (χ0) is 20.5. The lowest BCUT2D eigenvalue weighted by Gasteiger charge is -2.22. The van der Waals surface area contributed by atoms with Gasteiger partial charge in [0.05, 0.1) is 17.0 Å². The molecule has 2 aromatic carbocycles. The van der Waals surface area contributed by atoms with Crippen molar-refractivity contribution in [3.05, 3.63) is 65.2 Å². The number of hydrogen-bond donors (Lipinski definition) is 0. The second-order valence-electron chi connectivity index (χ2n) is 6.61. The van der Waals surface area contributed by atoms with Crippen molar-refractivity contribution >= 4 is 21.6 Å². The summed E-state index contributed by atoms with van der Waals surface area (Å²) in [6.07, 6.45) is -4.00. The quantitative estimate of drug-likeness (QED) is 0.772. The van der Waals surface area contributed by atoms with Gasteiger partial charge in [-0.3, -0.25) is 9.10 Å². The molecule has 150 valence electrons. The van der Waals surface area contributed by atoms with Crippen LogP contribution in [0.15, 0.2) is 48.5 Å². The Hall–Kier alpha value is -2.55. The fourth-order valence-corrected chi connectivity index (χ4v) is 4.76. The summed E-state index contributed by atoms with van der Waals surface area (Å²) in [6, 6.07) is 11.2. The fraction of sp³-hybridized carbons (Fsp3) is 0.316. The van der Waals surface area contributed by atoms with Gasteiger partial charge in [-0.2, -0.15) is 13.2 Å². The lowest BCUT2D eigenvalue weighted by Crippen LogP contribution is -2.28. The van der Waals surface area contributed by atoms with Crippen LogP contribution >= 0.6 is 0 Å². The fourth-order valence-electron chi connectivity index (χ4n) is 3.21. The zero-order valence-corrected chi connectivity index (χ0v) is 15.9. The predicted octanol–water partition coefficient (Wildman–Crippen LogP) is 3.52. The van der Waals surface area contributed by atoms with Crippen molar-refractivity contribution in [3.63, 3.8) is 0 Å². The highest BCUT2D eigenvalue weighted by Gasteiger charge is 2.33. The molecule has 0 saturated carbocycles. The molecule has 3 rings (SSSR count). The Balaban J connectivity index is 1.83. The van der Waals surface area contributed by atoms with Crippen molar-refractivity contribution in [1.82, 2.24) is 4.90 Å². The number of nitrogens with zero attached hydrogens (tertiary/aromatic N) is 2. The van der Waals surface area contributed by atoms with E-state index in [1.165, 1.54) is 46.6 Å². The van der Waals surface area contributed by atoms with Crippen LogP contribution in [-0.2, 0) is 22.7 Å². The van der Waals surface area contributed by atoms with Crippen LogP contribution in [0.4, 0.5) is 18.9 Å². The molecular formula is C19H19F3N2O3S. The van der Waals surface area contributed by atoms with Gasteiger partial charge in [-0.15, -0.1) is 0 Å². The molecule has 0 spiro atoms. The summed E-state index contributed by atoms with van der Waals surface area (Å²) in [4.78, 5) is 13.9. The van der Waals surface area contributed by atoms with Crippen molar-refractivity contribution in [1.29, 1.82) is 0 Å². The molecule has 1 aliphatic rings. The highest BCUT2D eigenvalue weighted by atomic mass is 32.2. The summed E-state index contributed by atoms with van der Waals surface area (Å²) in [5.41, 5.74) is -0.199. The number of halogens is 3. The van der Waals surface area contributed by atoms with E-state index in [0.717, 1.165) is 6.07 Å². The molecule has 0 N–H and O–H groups in total. The molecule has 0 bridgehead atoms. The molecule has 1 fully saturated rings. The van der Waals surface area contributed by atoms with E-state index in [1.807, 2.05) is 0 Å². The van der Waals surface area contributed by atoms with E-state index < -0.39 is 27.7 Å². The van der Waals surface area contributed by atoms with Gasteiger partial charge in [0.25, 0.3) is 5.91 Å². The number of anilines is 1. The Morgan fingerprint density at radius 1 is 1.14 bits per heavy atom. The van der Waals surface area contributed by atoms with Crippen molar-refractivity contribution in [2.24, 2.45) is 0 Å². The molecular weight excluding hydrogens is 393 g/mol. The third kappa shape index (κ3) is 4.14. The summed E-state index contributed by atoms with van der Waals surface area (Å²) >= 11 is 0. The first kappa shape index (κ1) is 20.2. The van der Waals surface area contributed by atoms with E-state index >= 15 is 0 Å². The van der Waals surface area contributed by atoms with Crippen molar-refractivity contribution < 1.29 is 26.4 Å². The second-order valence-corrected chi connectivity index (χ2v) is 8.62. The van der Waals surface area contributed by atoms with Crippen LogP contribution < -0.4 is 4.31 Å². The second kappa shape index (κ2) is 7.46. The van der Waals surface area contributed by atoms with Gasteiger partial charge in [0.15, 0.2) is 0 Å². The maximum Gasteiger partial charge on any atom is 0.416 e. The molecule has 1 heterocycles. The molecule has 1 saturated heterocycles. The van der Waals surface area contributed by atoms with Crippen LogP contribution in [0.5, 0.6) is 0 Å². The average molecular weight is 412 g/mol. The topological polar surface area (TPSA) is 57.7 Å². The number of amides is 1. The van der Waals surface area contributed by atoms with Crippen LogP contribution in [0.25, 0.3) is 0 Å². The minimum Gasteiger partial charge on any atom is -0.337 e. The first-order chi connectivity index (χ1) is 13.1. The maximum absolute atomic E-state index is 13.2. The van der Waals surface area contributed by atoms with Crippen molar-refractivity contribution in [2.75, 3.05) is 23.7 Å². The first-order valence-corrected chi connectivity index (χ1v) is 10.2. The molecule has 28 heavy (non-hydrogen) atoms. The molecule has 1 aliphatic heterocycles. The van der Waals surface area contributed by atoms with E-state index in [2.05, 4.69) is 0 Å². The average Bonchev–Trinajstić information content (AvgIpc) is 3.00.